The Balaban J connectivity index is 2.73. The second-order valence-corrected chi connectivity index (χ2v) is 3.45. The highest BCUT2D eigenvalue weighted by atomic mass is 79.9. The number of pyridine rings is 1. The Bertz CT molecular complexity index is 479. The monoisotopic (exact) mass is 266 g/mol. The van der Waals surface area contributed by atoms with E-state index in [1.807, 2.05) is 0 Å². The Labute approximate surface area is 84.0 Å². The molecule has 7 heteroatoms. The predicted octanol–water partition coefficient (Wildman–Crippen LogP) is 3.00. The molecule has 2 aromatic rings. The van der Waals surface area contributed by atoms with Crippen LogP contribution >= 0.6 is 15.9 Å². The predicted molar refractivity (Wildman–Crippen MR) is 44.5 cm³/mol. The molecular formula is C7H2BrF3N2O. The third-order valence-corrected chi connectivity index (χ3v) is 2.00. The van der Waals surface area contributed by atoms with Crippen LogP contribution in [0.1, 0.15) is 5.69 Å². The van der Waals surface area contributed by atoms with Crippen LogP contribution in [0.4, 0.5) is 13.2 Å². The Kier molecular flexibility index (Phi) is 1.99. The lowest BCUT2D eigenvalue weighted by Crippen LogP contribution is -2.05. The van der Waals surface area contributed by atoms with Gasteiger partial charge in [-0.15, -0.1) is 0 Å². The van der Waals surface area contributed by atoms with E-state index in [1.165, 1.54) is 12.3 Å². The SMILES string of the molecule is FC(F)(F)c1noc2ncc(Br)cc12. The fraction of sp³-hybridized carbons (Fsp3) is 0.143. The molecule has 74 valence electrons. The van der Waals surface area contributed by atoms with Crippen molar-refractivity contribution >= 4 is 27.0 Å². The minimum absolute atomic E-state index is 0.125. The quantitative estimate of drug-likeness (QED) is 0.736. The van der Waals surface area contributed by atoms with Crippen molar-refractivity contribution in [3.8, 4) is 0 Å². The van der Waals surface area contributed by atoms with Gasteiger partial charge in [0.2, 0.25) is 0 Å². The van der Waals surface area contributed by atoms with E-state index in [4.69, 9.17) is 0 Å². The van der Waals surface area contributed by atoms with Crippen LogP contribution in [0.15, 0.2) is 21.3 Å². The maximum absolute atomic E-state index is 12.3. The van der Waals surface area contributed by atoms with Crippen LogP contribution in [-0.2, 0) is 6.18 Å². The first-order valence-electron chi connectivity index (χ1n) is 3.46. The third-order valence-electron chi connectivity index (χ3n) is 1.56. The van der Waals surface area contributed by atoms with E-state index in [0.29, 0.717) is 4.47 Å². The average molecular weight is 267 g/mol. The molecule has 14 heavy (non-hydrogen) atoms. The van der Waals surface area contributed by atoms with Gasteiger partial charge in [-0.05, 0) is 22.0 Å². The largest absolute Gasteiger partial charge is 0.437 e. The molecule has 0 spiro atoms. The summed E-state index contributed by atoms with van der Waals surface area (Å²) in [5.74, 6) is 0. The molecule has 2 heterocycles. The number of hydrogen-bond donors (Lipinski definition) is 0. The van der Waals surface area contributed by atoms with Gasteiger partial charge in [0.15, 0.2) is 5.69 Å². The summed E-state index contributed by atoms with van der Waals surface area (Å²) < 4.78 is 41.8. The van der Waals surface area contributed by atoms with Crippen molar-refractivity contribution in [2.45, 2.75) is 6.18 Å². The van der Waals surface area contributed by atoms with Crippen molar-refractivity contribution in [3.05, 3.63) is 22.4 Å². The molecule has 2 rings (SSSR count). The van der Waals surface area contributed by atoms with Gasteiger partial charge >= 0.3 is 6.18 Å². The number of hydrogen-bond acceptors (Lipinski definition) is 3. The normalized spacial score (nSPS) is 12.3. The van der Waals surface area contributed by atoms with Gasteiger partial charge in [0.1, 0.15) is 0 Å². The highest BCUT2D eigenvalue weighted by Gasteiger charge is 2.37. The number of fused-ring (bicyclic) bond motifs is 1. The number of alkyl halides is 3. The summed E-state index contributed by atoms with van der Waals surface area (Å²) in [7, 11) is 0. The Hall–Kier alpha value is -1.11. The number of nitrogens with zero attached hydrogens (tertiary/aromatic N) is 2. The van der Waals surface area contributed by atoms with Gasteiger partial charge in [0.25, 0.3) is 5.71 Å². The molecule has 0 aliphatic carbocycles. The van der Waals surface area contributed by atoms with E-state index in [0.717, 1.165) is 0 Å². The van der Waals surface area contributed by atoms with E-state index < -0.39 is 11.9 Å². The van der Waals surface area contributed by atoms with Gasteiger partial charge in [-0.3, -0.25) is 0 Å². The van der Waals surface area contributed by atoms with Crippen molar-refractivity contribution < 1.29 is 17.7 Å². The Morgan fingerprint density at radius 3 is 2.71 bits per heavy atom. The molecule has 0 bridgehead atoms. The van der Waals surface area contributed by atoms with Gasteiger partial charge in [-0.2, -0.15) is 13.2 Å². The summed E-state index contributed by atoms with van der Waals surface area (Å²) in [6, 6.07) is 1.27. The molecule has 0 aromatic carbocycles. The van der Waals surface area contributed by atoms with Gasteiger partial charge in [-0.25, -0.2) is 4.98 Å². The topological polar surface area (TPSA) is 38.9 Å². The summed E-state index contributed by atoms with van der Waals surface area (Å²) >= 11 is 3.02. The van der Waals surface area contributed by atoms with Crippen LogP contribution in [0, 0.1) is 0 Å². The highest BCUT2D eigenvalue weighted by molar-refractivity contribution is 9.10. The highest BCUT2D eigenvalue weighted by Crippen LogP contribution is 2.34. The molecule has 0 radical (unpaired) electrons. The van der Waals surface area contributed by atoms with E-state index in [-0.39, 0.29) is 11.1 Å². The second kappa shape index (κ2) is 2.94. The third kappa shape index (κ3) is 1.47. The summed E-state index contributed by atoms with van der Waals surface area (Å²) in [6.07, 6.45) is -3.18. The maximum atomic E-state index is 12.3. The lowest BCUT2D eigenvalue weighted by Gasteiger charge is -2.00. The van der Waals surface area contributed by atoms with Gasteiger partial charge in [0, 0.05) is 10.7 Å². The minimum atomic E-state index is -4.52. The summed E-state index contributed by atoms with van der Waals surface area (Å²) in [4.78, 5) is 3.64. The summed E-state index contributed by atoms with van der Waals surface area (Å²) in [6.45, 7) is 0. The van der Waals surface area contributed by atoms with Crippen molar-refractivity contribution in [1.29, 1.82) is 0 Å². The van der Waals surface area contributed by atoms with E-state index in [2.05, 4.69) is 30.6 Å². The van der Waals surface area contributed by atoms with Gasteiger partial charge in [0.05, 0.1) is 5.39 Å². The zero-order valence-electron chi connectivity index (χ0n) is 6.47. The molecule has 0 N–H and O–H groups in total. The lowest BCUT2D eigenvalue weighted by molar-refractivity contribution is -0.141. The van der Waals surface area contributed by atoms with Crippen molar-refractivity contribution in [2.75, 3.05) is 0 Å². The Morgan fingerprint density at radius 2 is 2.07 bits per heavy atom. The van der Waals surface area contributed by atoms with E-state index >= 15 is 0 Å². The van der Waals surface area contributed by atoms with Gasteiger partial charge < -0.3 is 4.52 Å². The maximum Gasteiger partial charge on any atom is 0.437 e. The molecule has 0 fully saturated rings. The first-order chi connectivity index (χ1) is 6.48. The minimum Gasteiger partial charge on any atom is -0.335 e. The van der Waals surface area contributed by atoms with Crippen LogP contribution in [-0.4, -0.2) is 10.1 Å². The zero-order chi connectivity index (χ0) is 10.3. The fourth-order valence-electron chi connectivity index (χ4n) is 1.01. The van der Waals surface area contributed by atoms with Crippen LogP contribution in [0.2, 0.25) is 0 Å². The summed E-state index contributed by atoms with van der Waals surface area (Å²) in [5.41, 5.74) is -1.18. The molecule has 2 aromatic heterocycles. The number of halogens is 4. The van der Waals surface area contributed by atoms with Crippen LogP contribution in [0.5, 0.6) is 0 Å². The van der Waals surface area contributed by atoms with Crippen molar-refractivity contribution in [1.82, 2.24) is 10.1 Å². The molecule has 0 saturated carbocycles. The molecular weight excluding hydrogens is 265 g/mol. The molecule has 0 aliphatic heterocycles. The molecule has 3 nitrogen and oxygen atoms in total. The first kappa shape index (κ1) is 9.45. The summed E-state index contributed by atoms with van der Waals surface area (Å²) in [5, 5.41) is 2.78. The van der Waals surface area contributed by atoms with Gasteiger partial charge in [-0.1, -0.05) is 5.16 Å². The standard InChI is InChI=1S/C7H2BrF3N2O/c8-3-1-4-5(7(9,10)11)13-14-6(4)12-2-3/h1-2H. The number of rotatable bonds is 0. The second-order valence-electron chi connectivity index (χ2n) is 2.54. The Morgan fingerprint density at radius 1 is 1.36 bits per heavy atom. The average Bonchev–Trinajstić information content (AvgIpc) is 2.45. The lowest BCUT2D eigenvalue weighted by atomic mass is 10.2. The molecule has 0 unspecified atom stereocenters. The fourth-order valence-corrected chi connectivity index (χ4v) is 1.34. The van der Waals surface area contributed by atoms with E-state index in [9.17, 15) is 13.2 Å². The van der Waals surface area contributed by atoms with Crippen LogP contribution in [0.25, 0.3) is 11.1 Å². The molecule has 0 atom stereocenters. The van der Waals surface area contributed by atoms with Crippen LogP contribution in [0.3, 0.4) is 0 Å². The first-order valence-corrected chi connectivity index (χ1v) is 4.26. The molecule has 0 amide bonds. The van der Waals surface area contributed by atoms with E-state index in [1.54, 1.807) is 0 Å². The smallest absolute Gasteiger partial charge is 0.335 e. The molecule has 0 saturated heterocycles. The number of aromatic nitrogens is 2. The molecule has 0 aliphatic rings. The zero-order valence-corrected chi connectivity index (χ0v) is 8.06. The van der Waals surface area contributed by atoms with Crippen molar-refractivity contribution in [3.63, 3.8) is 0 Å². The van der Waals surface area contributed by atoms with Crippen LogP contribution < -0.4 is 0 Å². The van der Waals surface area contributed by atoms with Crippen molar-refractivity contribution in [2.24, 2.45) is 0 Å².